The van der Waals surface area contributed by atoms with Gasteiger partial charge >= 0.3 is 0 Å². The highest BCUT2D eigenvalue weighted by molar-refractivity contribution is 7.89. The first-order valence-electron chi connectivity index (χ1n) is 6.17. The van der Waals surface area contributed by atoms with Crippen molar-refractivity contribution in [3.05, 3.63) is 18.2 Å². The van der Waals surface area contributed by atoms with Crippen LogP contribution in [0.2, 0.25) is 0 Å². The van der Waals surface area contributed by atoms with Crippen molar-refractivity contribution >= 4 is 21.4 Å². The summed E-state index contributed by atoms with van der Waals surface area (Å²) in [6.07, 6.45) is 0.895. The fourth-order valence-corrected chi connectivity index (χ4v) is 3.02. The molecule has 2 rings (SSSR count). The first kappa shape index (κ1) is 14.1. The average Bonchev–Trinajstić information content (AvgIpc) is 2.52. The molecule has 6 nitrogen and oxygen atoms in total. The Labute approximate surface area is 113 Å². The molecular weight excluding hydrogens is 266 g/mol. The van der Waals surface area contributed by atoms with E-state index in [4.69, 9.17) is 15.6 Å². The molecule has 0 radical (unpaired) electrons. The van der Waals surface area contributed by atoms with Crippen LogP contribution in [0.5, 0.6) is 0 Å². The van der Waals surface area contributed by atoms with Gasteiger partial charge in [-0.1, -0.05) is 0 Å². The summed E-state index contributed by atoms with van der Waals surface area (Å²) < 4.78 is 28.9. The van der Waals surface area contributed by atoms with Crippen molar-refractivity contribution in [1.29, 1.82) is 0 Å². The van der Waals surface area contributed by atoms with Crippen LogP contribution in [0, 0.1) is 0 Å². The van der Waals surface area contributed by atoms with Crippen LogP contribution in [0.25, 0.3) is 0 Å². The topological polar surface area (TPSA) is 98.6 Å². The lowest BCUT2D eigenvalue weighted by molar-refractivity contribution is 0.0820. The van der Waals surface area contributed by atoms with Crippen molar-refractivity contribution in [2.24, 2.45) is 5.14 Å². The SMILES string of the molecule is CC1CN(c2ccc(N)cc2S(N)(=O)=O)CCCO1. The van der Waals surface area contributed by atoms with E-state index in [1.807, 2.05) is 11.8 Å². The number of hydrogen-bond acceptors (Lipinski definition) is 5. The van der Waals surface area contributed by atoms with Gasteiger partial charge in [0.1, 0.15) is 4.90 Å². The van der Waals surface area contributed by atoms with E-state index < -0.39 is 10.0 Å². The summed E-state index contributed by atoms with van der Waals surface area (Å²) in [5.74, 6) is 0. The fraction of sp³-hybridized carbons (Fsp3) is 0.500. The number of benzene rings is 1. The molecule has 1 aliphatic heterocycles. The predicted octanol–water partition coefficient (Wildman–Crippen LogP) is 0.531. The Morgan fingerprint density at radius 1 is 1.42 bits per heavy atom. The summed E-state index contributed by atoms with van der Waals surface area (Å²) in [6, 6.07) is 4.79. The average molecular weight is 285 g/mol. The van der Waals surface area contributed by atoms with Crippen molar-refractivity contribution in [1.82, 2.24) is 0 Å². The zero-order valence-corrected chi connectivity index (χ0v) is 11.7. The number of nitrogen functional groups attached to an aromatic ring is 1. The molecule has 0 aliphatic carbocycles. The first-order valence-corrected chi connectivity index (χ1v) is 7.71. The summed E-state index contributed by atoms with van der Waals surface area (Å²) in [4.78, 5) is 2.05. The maximum atomic E-state index is 11.7. The van der Waals surface area contributed by atoms with Gasteiger partial charge in [0.25, 0.3) is 0 Å². The van der Waals surface area contributed by atoms with Crippen molar-refractivity contribution < 1.29 is 13.2 Å². The summed E-state index contributed by atoms with van der Waals surface area (Å²) in [6.45, 7) is 4.01. The van der Waals surface area contributed by atoms with Crippen LogP contribution in [0.15, 0.2) is 23.1 Å². The molecule has 1 atom stereocenters. The van der Waals surface area contributed by atoms with E-state index in [2.05, 4.69) is 0 Å². The van der Waals surface area contributed by atoms with Crippen LogP contribution < -0.4 is 15.8 Å². The zero-order valence-electron chi connectivity index (χ0n) is 10.9. The summed E-state index contributed by atoms with van der Waals surface area (Å²) >= 11 is 0. The Bertz CT molecular complexity index is 559. The molecule has 1 aromatic carbocycles. The second-order valence-corrected chi connectivity index (χ2v) is 6.28. The van der Waals surface area contributed by atoms with Crippen LogP contribution in [-0.2, 0) is 14.8 Å². The van der Waals surface area contributed by atoms with E-state index >= 15 is 0 Å². The lowest BCUT2D eigenvalue weighted by Gasteiger charge is -2.26. The van der Waals surface area contributed by atoms with Gasteiger partial charge in [-0.3, -0.25) is 0 Å². The van der Waals surface area contributed by atoms with E-state index in [0.717, 1.165) is 13.0 Å². The minimum atomic E-state index is -3.80. The smallest absolute Gasteiger partial charge is 0.240 e. The van der Waals surface area contributed by atoms with E-state index in [9.17, 15) is 8.42 Å². The second-order valence-electron chi connectivity index (χ2n) is 4.75. The molecule has 0 spiro atoms. The Balaban J connectivity index is 2.43. The van der Waals surface area contributed by atoms with Crippen LogP contribution in [-0.4, -0.2) is 34.2 Å². The molecule has 106 valence electrons. The molecule has 1 fully saturated rings. The molecule has 7 heteroatoms. The second kappa shape index (κ2) is 5.36. The molecule has 0 bridgehead atoms. The van der Waals surface area contributed by atoms with Gasteiger partial charge in [-0.25, -0.2) is 13.6 Å². The number of ether oxygens (including phenoxy) is 1. The fourth-order valence-electron chi connectivity index (χ4n) is 2.23. The molecule has 1 heterocycles. The van der Waals surface area contributed by atoms with Gasteiger partial charge in [-0.05, 0) is 31.5 Å². The van der Waals surface area contributed by atoms with Gasteiger partial charge in [0.05, 0.1) is 11.8 Å². The molecule has 0 saturated carbocycles. The van der Waals surface area contributed by atoms with Gasteiger partial charge in [-0.2, -0.15) is 0 Å². The molecule has 1 unspecified atom stereocenters. The molecule has 1 aliphatic rings. The maximum absolute atomic E-state index is 11.7. The number of primary sulfonamides is 1. The molecule has 0 amide bonds. The molecule has 0 aromatic heterocycles. The highest BCUT2D eigenvalue weighted by Gasteiger charge is 2.22. The predicted molar refractivity (Wildman–Crippen MR) is 74.5 cm³/mol. The molecule has 4 N–H and O–H groups in total. The summed E-state index contributed by atoms with van der Waals surface area (Å²) in [7, 11) is -3.80. The maximum Gasteiger partial charge on any atom is 0.240 e. The monoisotopic (exact) mass is 285 g/mol. The van der Waals surface area contributed by atoms with Crippen molar-refractivity contribution in [3.63, 3.8) is 0 Å². The number of hydrogen-bond donors (Lipinski definition) is 2. The molecule has 19 heavy (non-hydrogen) atoms. The van der Waals surface area contributed by atoms with Crippen molar-refractivity contribution in [2.45, 2.75) is 24.3 Å². The van der Waals surface area contributed by atoms with Crippen LogP contribution in [0.3, 0.4) is 0 Å². The summed E-state index contributed by atoms with van der Waals surface area (Å²) in [5, 5.41) is 5.27. The Kier molecular flexibility index (Phi) is 3.98. The quantitative estimate of drug-likeness (QED) is 0.772. The van der Waals surface area contributed by atoms with Gasteiger partial charge in [-0.15, -0.1) is 0 Å². The molecule has 1 aromatic rings. The number of nitrogens with zero attached hydrogens (tertiary/aromatic N) is 1. The van der Waals surface area contributed by atoms with E-state index in [1.165, 1.54) is 6.07 Å². The zero-order chi connectivity index (χ0) is 14.0. The Hall–Kier alpha value is -1.31. The molecular formula is C12H19N3O3S. The third-order valence-corrected chi connectivity index (χ3v) is 4.02. The number of anilines is 2. The summed E-state index contributed by atoms with van der Waals surface area (Å²) in [5.41, 5.74) is 6.62. The van der Waals surface area contributed by atoms with Crippen molar-refractivity contribution in [2.75, 3.05) is 30.3 Å². The Morgan fingerprint density at radius 3 is 2.84 bits per heavy atom. The minimum Gasteiger partial charge on any atom is -0.399 e. The van der Waals surface area contributed by atoms with Crippen molar-refractivity contribution in [3.8, 4) is 0 Å². The highest BCUT2D eigenvalue weighted by Crippen LogP contribution is 2.28. The van der Waals surface area contributed by atoms with E-state index in [-0.39, 0.29) is 11.0 Å². The third-order valence-electron chi connectivity index (χ3n) is 3.08. The number of rotatable bonds is 2. The Morgan fingerprint density at radius 2 is 2.16 bits per heavy atom. The largest absolute Gasteiger partial charge is 0.399 e. The lowest BCUT2D eigenvalue weighted by atomic mass is 10.2. The standard InChI is InChI=1S/C12H19N3O3S/c1-9-8-15(5-2-6-18-9)11-4-3-10(13)7-12(11)19(14,16)17/h3-4,7,9H,2,5-6,8,13H2,1H3,(H2,14,16,17). The normalized spacial score (nSPS) is 21.2. The van der Waals surface area contributed by atoms with E-state index in [0.29, 0.717) is 24.5 Å². The highest BCUT2D eigenvalue weighted by atomic mass is 32.2. The molecule has 1 saturated heterocycles. The van der Waals surface area contributed by atoms with E-state index in [1.54, 1.807) is 12.1 Å². The van der Waals surface area contributed by atoms with Crippen LogP contribution >= 0.6 is 0 Å². The number of sulfonamides is 1. The van der Waals surface area contributed by atoms with Crippen LogP contribution in [0.1, 0.15) is 13.3 Å². The van der Waals surface area contributed by atoms with Gasteiger partial charge in [0.15, 0.2) is 0 Å². The first-order chi connectivity index (χ1) is 8.88. The van der Waals surface area contributed by atoms with Gasteiger partial charge < -0.3 is 15.4 Å². The number of nitrogens with two attached hydrogens (primary N) is 2. The van der Waals surface area contributed by atoms with Crippen LogP contribution in [0.4, 0.5) is 11.4 Å². The third kappa shape index (κ3) is 3.37. The van der Waals surface area contributed by atoms with Gasteiger partial charge in [0, 0.05) is 25.4 Å². The minimum absolute atomic E-state index is 0.0494. The lowest BCUT2D eigenvalue weighted by Crippen LogP contribution is -2.32. The van der Waals surface area contributed by atoms with Gasteiger partial charge in [0.2, 0.25) is 10.0 Å².